The summed E-state index contributed by atoms with van der Waals surface area (Å²) in [6.45, 7) is 0. The van der Waals surface area contributed by atoms with E-state index in [1.807, 2.05) is 48.1 Å². The molecule has 9 heteroatoms. The molecule has 1 atom stereocenters. The molecule has 2 heterocycles. The van der Waals surface area contributed by atoms with Gasteiger partial charge in [-0.3, -0.25) is 4.79 Å². The summed E-state index contributed by atoms with van der Waals surface area (Å²) in [5, 5.41) is 12.0. The van der Waals surface area contributed by atoms with E-state index in [0.717, 1.165) is 17.0 Å². The number of rotatable bonds is 7. The number of imidazole rings is 1. The van der Waals surface area contributed by atoms with Gasteiger partial charge < -0.3 is 14.3 Å². The third-order valence-corrected chi connectivity index (χ3v) is 5.45. The van der Waals surface area contributed by atoms with Crippen LogP contribution >= 0.6 is 23.4 Å². The van der Waals surface area contributed by atoms with Gasteiger partial charge in [0.05, 0.1) is 5.75 Å². The smallest absolute Gasteiger partial charge is 0.277 e. The molecule has 4 aromatic rings. The molecule has 4 rings (SSSR count). The normalized spacial score (nSPS) is 11.9. The van der Waals surface area contributed by atoms with Gasteiger partial charge in [-0.2, -0.15) is 0 Å². The zero-order valence-electron chi connectivity index (χ0n) is 16.0. The number of carbonyl (C=O) groups is 1. The Morgan fingerprint density at radius 2 is 1.93 bits per heavy atom. The first-order valence-corrected chi connectivity index (χ1v) is 10.5. The molecule has 1 amide bonds. The first-order chi connectivity index (χ1) is 14.6. The average molecular weight is 440 g/mol. The van der Waals surface area contributed by atoms with E-state index in [4.69, 9.17) is 16.0 Å². The van der Waals surface area contributed by atoms with E-state index in [9.17, 15) is 4.79 Å². The Kier molecular flexibility index (Phi) is 6.15. The fourth-order valence-corrected chi connectivity index (χ4v) is 3.61. The Bertz CT molecular complexity index is 1130. The van der Waals surface area contributed by atoms with Crippen LogP contribution in [-0.2, 0) is 11.8 Å². The number of amides is 1. The van der Waals surface area contributed by atoms with Crippen molar-refractivity contribution in [2.24, 2.45) is 7.05 Å². The van der Waals surface area contributed by atoms with Gasteiger partial charge in [0.2, 0.25) is 11.8 Å². The molecule has 0 aliphatic heterocycles. The van der Waals surface area contributed by atoms with Gasteiger partial charge in [0.25, 0.3) is 5.22 Å². The molecule has 152 valence electrons. The number of halogens is 1. The van der Waals surface area contributed by atoms with Gasteiger partial charge in [0.1, 0.15) is 11.9 Å². The van der Waals surface area contributed by atoms with Crippen LogP contribution in [0.5, 0.6) is 0 Å². The zero-order valence-corrected chi connectivity index (χ0v) is 17.6. The van der Waals surface area contributed by atoms with Gasteiger partial charge in [-0.1, -0.05) is 53.7 Å². The number of hydrogen-bond donors (Lipinski definition) is 1. The summed E-state index contributed by atoms with van der Waals surface area (Å²) < 4.78 is 7.53. The monoisotopic (exact) mass is 439 g/mol. The molecule has 0 spiro atoms. The lowest BCUT2D eigenvalue weighted by Crippen LogP contribution is -2.32. The van der Waals surface area contributed by atoms with Crippen LogP contribution in [-0.4, -0.2) is 31.4 Å². The van der Waals surface area contributed by atoms with Crippen molar-refractivity contribution in [3.63, 3.8) is 0 Å². The Hall–Kier alpha value is -3.10. The van der Waals surface area contributed by atoms with E-state index in [-0.39, 0.29) is 17.7 Å². The van der Waals surface area contributed by atoms with Crippen molar-refractivity contribution in [1.29, 1.82) is 0 Å². The molecular weight excluding hydrogens is 422 g/mol. The number of hydrogen-bond acceptors (Lipinski definition) is 6. The minimum absolute atomic E-state index is 0.135. The summed E-state index contributed by atoms with van der Waals surface area (Å²) in [5.74, 6) is 1.10. The number of nitrogens with one attached hydrogen (secondary N) is 1. The zero-order chi connectivity index (χ0) is 20.9. The van der Waals surface area contributed by atoms with Crippen LogP contribution in [0.3, 0.4) is 0 Å². The second kappa shape index (κ2) is 9.15. The Morgan fingerprint density at radius 3 is 2.63 bits per heavy atom. The fourth-order valence-electron chi connectivity index (χ4n) is 2.90. The molecule has 0 fully saturated rings. The standard InChI is InChI=1S/C21H18ClN5O2S/c1-27-12-11-23-19(27)18(14-5-3-2-4-6-14)24-17(28)13-30-21-26-25-20(29-21)15-7-9-16(22)10-8-15/h2-12,18H,13H2,1H3,(H,24,28)/t18-/m1/s1. The van der Waals surface area contributed by atoms with Crippen LogP contribution < -0.4 is 5.32 Å². The summed E-state index contributed by atoms with van der Waals surface area (Å²) >= 11 is 7.08. The third kappa shape index (κ3) is 4.72. The molecule has 0 bridgehead atoms. The number of aromatic nitrogens is 4. The summed E-state index contributed by atoms with van der Waals surface area (Å²) in [7, 11) is 1.90. The van der Waals surface area contributed by atoms with Crippen LogP contribution in [0.15, 0.2) is 76.6 Å². The molecule has 0 aliphatic carbocycles. The predicted octanol–water partition coefficient (Wildman–Crippen LogP) is 4.12. The van der Waals surface area contributed by atoms with Crippen LogP contribution in [0.1, 0.15) is 17.4 Å². The number of benzene rings is 2. The van der Waals surface area contributed by atoms with E-state index in [2.05, 4.69) is 20.5 Å². The summed E-state index contributed by atoms with van der Waals surface area (Å²) in [5.41, 5.74) is 1.72. The van der Waals surface area contributed by atoms with E-state index >= 15 is 0 Å². The molecule has 0 radical (unpaired) electrons. The van der Waals surface area contributed by atoms with Crippen LogP contribution in [0, 0.1) is 0 Å². The van der Waals surface area contributed by atoms with E-state index in [0.29, 0.717) is 16.1 Å². The molecular formula is C21H18ClN5O2S. The highest BCUT2D eigenvalue weighted by atomic mass is 35.5. The maximum absolute atomic E-state index is 12.6. The summed E-state index contributed by atoms with van der Waals surface area (Å²) in [4.78, 5) is 17.0. The summed E-state index contributed by atoms with van der Waals surface area (Å²) in [6, 6.07) is 16.5. The largest absolute Gasteiger partial charge is 0.411 e. The quantitative estimate of drug-likeness (QED) is 0.436. The lowest BCUT2D eigenvalue weighted by Gasteiger charge is -2.19. The molecule has 2 aromatic heterocycles. The van der Waals surface area contributed by atoms with E-state index < -0.39 is 0 Å². The van der Waals surface area contributed by atoms with Crippen molar-refractivity contribution in [1.82, 2.24) is 25.1 Å². The SMILES string of the molecule is Cn1ccnc1[C@H](NC(=O)CSc1nnc(-c2ccc(Cl)cc2)o1)c1ccccc1. The Balaban J connectivity index is 1.42. The molecule has 0 aliphatic rings. The van der Waals surface area contributed by atoms with Crippen LogP contribution in [0.2, 0.25) is 5.02 Å². The number of thioether (sulfide) groups is 1. The van der Waals surface area contributed by atoms with Crippen molar-refractivity contribution >= 4 is 29.3 Å². The van der Waals surface area contributed by atoms with Gasteiger partial charge in [0.15, 0.2) is 0 Å². The van der Waals surface area contributed by atoms with E-state index in [1.54, 1.807) is 30.5 Å². The topological polar surface area (TPSA) is 85.8 Å². The minimum atomic E-state index is -0.355. The van der Waals surface area contributed by atoms with Crippen molar-refractivity contribution in [3.8, 4) is 11.5 Å². The predicted molar refractivity (Wildman–Crippen MR) is 115 cm³/mol. The lowest BCUT2D eigenvalue weighted by molar-refractivity contribution is -0.119. The molecule has 30 heavy (non-hydrogen) atoms. The fraction of sp³-hybridized carbons (Fsp3) is 0.143. The van der Waals surface area contributed by atoms with Gasteiger partial charge in [-0.25, -0.2) is 4.98 Å². The van der Waals surface area contributed by atoms with Crippen molar-refractivity contribution in [3.05, 3.63) is 83.4 Å². The third-order valence-electron chi connectivity index (χ3n) is 4.38. The average Bonchev–Trinajstić information content (AvgIpc) is 3.41. The van der Waals surface area contributed by atoms with E-state index in [1.165, 1.54) is 11.8 Å². The van der Waals surface area contributed by atoms with Gasteiger partial charge in [-0.15, -0.1) is 10.2 Å². The lowest BCUT2D eigenvalue weighted by atomic mass is 10.1. The highest BCUT2D eigenvalue weighted by Gasteiger charge is 2.21. The molecule has 0 unspecified atom stereocenters. The maximum Gasteiger partial charge on any atom is 0.277 e. The maximum atomic E-state index is 12.6. The Morgan fingerprint density at radius 1 is 1.17 bits per heavy atom. The molecule has 2 aromatic carbocycles. The summed E-state index contributed by atoms with van der Waals surface area (Å²) in [6.07, 6.45) is 3.56. The molecule has 0 saturated heterocycles. The van der Waals surface area contributed by atoms with Crippen molar-refractivity contribution in [2.45, 2.75) is 11.3 Å². The second-order valence-electron chi connectivity index (χ2n) is 6.48. The van der Waals surface area contributed by atoms with Gasteiger partial charge in [-0.05, 0) is 29.8 Å². The molecule has 0 saturated carbocycles. The second-order valence-corrected chi connectivity index (χ2v) is 7.84. The Labute approximate surface area is 182 Å². The first-order valence-electron chi connectivity index (χ1n) is 9.14. The highest BCUT2D eigenvalue weighted by Crippen LogP contribution is 2.25. The van der Waals surface area contributed by atoms with Crippen molar-refractivity contribution < 1.29 is 9.21 Å². The molecule has 1 N–H and O–H groups in total. The van der Waals surface area contributed by atoms with Crippen molar-refractivity contribution in [2.75, 3.05) is 5.75 Å². The van der Waals surface area contributed by atoms with Crippen LogP contribution in [0.25, 0.3) is 11.5 Å². The number of carbonyl (C=O) groups excluding carboxylic acids is 1. The molecule has 7 nitrogen and oxygen atoms in total. The van der Waals surface area contributed by atoms with Gasteiger partial charge >= 0.3 is 0 Å². The van der Waals surface area contributed by atoms with Gasteiger partial charge in [0, 0.05) is 30.0 Å². The number of aryl methyl sites for hydroxylation is 1. The highest BCUT2D eigenvalue weighted by molar-refractivity contribution is 7.99. The van der Waals surface area contributed by atoms with Crippen LogP contribution in [0.4, 0.5) is 0 Å². The first kappa shape index (κ1) is 20.2. The minimum Gasteiger partial charge on any atom is -0.411 e. The number of nitrogens with zero attached hydrogens (tertiary/aromatic N) is 4.